The van der Waals surface area contributed by atoms with Gasteiger partial charge in [0.05, 0.1) is 10.2 Å². The van der Waals surface area contributed by atoms with Crippen LogP contribution in [-0.4, -0.2) is 25.2 Å². The first-order chi connectivity index (χ1) is 11.4. The number of primary amides is 1. The molecule has 3 N–H and O–H groups in total. The smallest absolute Gasteiger partial charge is 0.319 e. The number of hydrogen-bond donors (Lipinski definition) is 2. The molecule has 0 aliphatic carbocycles. The standard InChI is InChI=1S/C16H16IN3O4/c1-3-5-24-14-12(17)7-10(8-13(14)23-4-2)6-11(9-18)15(21)20-16(19)22/h3,6-8H,1,4-5H2,2H3,(H3,19,20,21,22)/b11-6-. The van der Waals surface area contributed by atoms with Crippen LogP contribution >= 0.6 is 22.6 Å². The highest BCUT2D eigenvalue weighted by Gasteiger charge is 2.14. The molecule has 0 spiro atoms. The second-order valence-electron chi connectivity index (χ2n) is 4.35. The van der Waals surface area contributed by atoms with Crippen molar-refractivity contribution in [2.45, 2.75) is 6.92 Å². The van der Waals surface area contributed by atoms with Crippen molar-refractivity contribution in [1.29, 1.82) is 5.26 Å². The Kier molecular flexibility index (Phi) is 7.77. The Balaban J connectivity index is 3.26. The fourth-order valence-electron chi connectivity index (χ4n) is 1.71. The molecular formula is C16H16IN3O4. The van der Waals surface area contributed by atoms with E-state index in [2.05, 4.69) is 29.2 Å². The molecule has 0 aromatic heterocycles. The van der Waals surface area contributed by atoms with Gasteiger partial charge in [0.1, 0.15) is 18.2 Å². The Hall–Kier alpha value is -2.54. The van der Waals surface area contributed by atoms with Crippen molar-refractivity contribution in [2.75, 3.05) is 13.2 Å². The molecule has 0 heterocycles. The van der Waals surface area contributed by atoms with Crippen molar-refractivity contribution in [3.63, 3.8) is 0 Å². The summed E-state index contributed by atoms with van der Waals surface area (Å²) in [5, 5.41) is 10.9. The van der Waals surface area contributed by atoms with E-state index >= 15 is 0 Å². The average Bonchev–Trinajstić information content (AvgIpc) is 2.51. The van der Waals surface area contributed by atoms with Crippen molar-refractivity contribution in [2.24, 2.45) is 5.73 Å². The predicted molar refractivity (Wildman–Crippen MR) is 97.3 cm³/mol. The van der Waals surface area contributed by atoms with Gasteiger partial charge in [-0.25, -0.2) is 4.79 Å². The molecule has 126 valence electrons. The highest BCUT2D eigenvalue weighted by atomic mass is 127. The van der Waals surface area contributed by atoms with Gasteiger partial charge in [-0.3, -0.25) is 10.1 Å². The van der Waals surface area contributed by atoms with Crippen LogP contribution in [0.2, 0.25) is 0 Å². The quantitative estimate of drug-likeness (QED) is 0.292. The lowest BCUT2D eigenvalue weighted by Crippen LogP contribution is -2.35. The second kappa shape index (κ2) is 9.57. The maximum atomic E-state index is 11.7. The summed E-state index contributed by atoms with van der Waals surface area (Å²) >= 11 is 2.06. The van der Waals surface area contributed by atoms with Crippen LogP contribution in [0.4, 0.5) is 4.79 Å². The lowest BCUT2D eigenvalue weighted by molar-refractivity contribution is -0.115. The number of imide groups is 1. The van der Waals surface area contributed by atoms with Crippen molar-refractivity contribution in [3.8, 4) is 17.6 Å². The summed E-state index contributed by atoms with van der Waals surface area (Å²) in [6.07, 6.45) is 2.95. The van der Waals surface area contributed by atoms with E-state index in [-0.39, 0.29) is 5.57 Å². The van der Waals surface area contributed by atoms with E-state index in [1.807, 2.05) is 12.2 Å². The summed E-state index contributed by atoms with van der Waals surface area (Å²) < 4.78 is 11.9. The number of benzene rings is 1. The van der Waals surface area contributed by atoms with Gasteiger partial charge in [-0.15, -0.1) is 0 Å². The Morgan fingerprint density at radius 1 is 1.46 bits per heavy atom. The van der Waals surface area contributed by atoms with Gasteiger partial charge >= 0.3 is 6.03 Å². The summed E-state index contributed by atoms with van der Waals surface area (Å²) in [5.74, 6) is 0.157. The van der Waals surface area contributed by atoms with E-state index in [0.29, 0.717) is 30.3 Å². The van der Waals surface area contributed by atoms with E-state index in [4.69, 9.17) is 20.5 Å². The van der Waals surface area contributed by atoms with Gasteiger partial charge in [0.25, 0.3) is 5.91 Å². The molecule has 0 bridgehead atoms. The lowest BCUT2D eigenvalue weighted by atomic mass is 10.1. The van der Waals surface area contributed by atoms with Crippen LogP contribution < -0.4 is 20.5 Å². The molecule has 0 aliphatic rings. The van der Waals surface area contributed by atoms with Crippen LogP contribution in [0.3, 0.4) is 0 Å². The van der Waals surface area contributed by atoms with Gasteiger partial charge in [-0.2, -0.15) is 5.26 Å². The van der Waals surface area contributed by atoms with Crippen molar-refractivity contribution in [1.82, 2.24) is 5.32 Å². The number of carbonyl (C=O) groups excluding carboxylic acids is 2. The minimum atomic E-state index is -1.03. The maximum absolute atomic E-state index is 11.7. The number of urea groups is 1. The zero-order chi connectivity index (χ0) is 18.1. The van der Waals surface area contributed by atoms with Crippen LogP contribution in [0.25, 0.3) is 6.08 Å². The van der Waals surface area contributed by atoms with Crippen molar-refractivity contribution in [3.05, 3.63) is 39.5 Å². The molecule has 0 saturated heterocycles. The highest BCUT2D eigenvalue weighted by Crippen LogP contribution is 2.35. The third kappa shape index (κ3) is 5.58. The summed E-state index contributed by atoms with van der Waals surface area (Å²) in [7, 11) is 0. The van der Waals surface area contributed by atoms with E-state index in [1.165, 1.54) is 6.08 Å². The second-order valence-corrected chi connectivity index (χ2v) is 5.51. The Bertz CT molecular complexity index is 723. The molecular weight excluding hydrogens is 425 g/mol. The first kappa shape index (κ1) is 19.5. The number of rotatable bonds is 7. The molecule has 0 fully saturated rings. The third-order valence-electron chi connectivity index (χ3n) is 2.59. The molecule has 7 nitrogen and oxygen atoms in total. The normalized spacial score (nSPS) is 10.5. The number of nitrogens with zero attached hydrogens (tertiary/aromatic N) is 1. The van der Waals surface area contributed by atoms with E-state index in [1.54, 1.807) is 24.3 Å². The summed E-state index contributed by atoms with van der Waals surface area (Å²) in [5.41, 5.74) is 5.17. The van der Waals surface area contributed by atoms with Gasteiger partial charge in [-0.05, 0) is 53.3 Å². The van der Waals surface area contributed by atoms with Crippen molar-refractivity contribution >= 4 is 40.6 Å². The predicted octanol–water partition coefficient (Wildman–Crippen LogP) is 2.36. The molecule has 0 saturated carbocycles. The largest absolute Gasteiger partial charge is 0.490 e. The monoisotopic (exact) mass is 441 g/mol. The highest BCUT2D eigenvalue weighted by molar-refractivity contribution is 14.1. The number of amides is 3. The van der Waals surface area contributed by atoms with Crippen LogP contribution in [0, 0.1) is 14.9 Å². The van der Waals surface area contributed by atoms with E-state index in [9.17, 15) is 9.59 Å². The minimum absolute atomic E-state index is 0.258. The molecule has 0 unspecified atom stereocenters. The molecule has 1 aromatic carbocycles. The summed E-state index contributed by atoms with van der Waals surface area (Å²) in [6.45, 7) is 6.16. The van der Waals surface area contributed by atoms with E-state index in [0.717, 1.165) is 3.57 Å². The van der Waals surface area contributed by atoms with Crippen LogP contribution in [0.5, 0.6) is 11.5 Å². The number of nitriles is 1. The van der Waals surface area contributed by atoms with Crippen LogP contribution in [0.1, 0.15) is 12.5 Å². The molecule has 1 rings (SSSR count). The molecule has 24 heavy (non-hydrogen) atoms. The first-order valence-corrected chi connectivity index (χ1v) is 7.93. The number of hydrogen-bond acceptors (Lipinski definition) is 5. The number of nitrogens with one attached hydrogen (secondary N) is 1. The zero-order valence-electron chi connectivity index (χ0n) is 13.0. The summed E-state index contributed by atoms with van der Waals surface area (Å²) in [6, 6.07) is 4.06. The zero-order valence-corrected chi connectivity index (χ0v) is 15.1. The first-order valence-electron chi connectivity index (χ1n) is 6.85. The van der Waals surface area contributed by atoms with Gasteiger partial charge < -0.3 is 15.2 Å². The topological polar surface area (TPSA) is 114 Å². The van der Waals surface area contributed by atoms with Gasteiger partial charge in [0, 0.05) is 0 Å². The van der Waals surface area contributed by atoms with Gasteiger partial charge in [-0.1, -0.05) is 12.7 Å². The van der Waals surface area contributed by atoms with E-state index < -0.39 is 11.9 Å². The Morgan fingerprint density at radius 2 is 2.17 bits per heavy atom. The Morgan fingerprint density at radius 3 is 2.71 bits per heavy atom. The molecule has 8 heteroatoms. The molecule has 3 amide bonds. The molecule has 0 aliphatic heterocycles. The van der Waals surface area contributed by atoms with Gasteiger partial charge in [0.15, 0.2) is 11.5 Å². The molecule has 0 radical (unpaired) electrons. The average molecular weight is 441 g/mol. The van der Waals surface area contributed by atoms with Crippen LogP contribution in [-0.2, 0) is 4.79 Å². The minimum Gasteiger partial charge on any atom is -0.490 e. The number of nitrogens with two attached hydrogens (primary N) is 1. The fraction of sp³-hybridized carbons (Fsp3) is 0.188. The summed E-state index contributed by atoms with van der Waals surface area (Å²) in [4.78, 5) is 22.5. The SMILES string of the molecule is C=CCOc1c(I)cc(/C=C(/C#N)C(=O)NC(N)=O)cc1OCC. The maximum Gasteiger partial charge on any atom is 0.319 e. The van der Waals surface area contributed by atoms with Crippen LogP contribution in [0.15, 0.2) is 30.4 Å². The lowest BCUT2D eigenvalue weighted by Gasteiger charge is -2.13. The Labute approximate surface area is 153 Å². The molecule has 1 aromatic rings. The number of halogens is 1. The van der Waals surface area contributed by atoms with Gasteiger partial charge in [0.2, 0.25) is 0 Å². The number of ether oxygens (including phenoxy) is 2. The molecule has 0 atom stereocenters. The van der Waals surface area contributed by atoms with Crippen molar-refractivity contribution < 1.29 is 19.1 Å². The fourth-order valence-corrected chi connectivity index (χ4v) is 2.49. The number of carbonyl (C=O) groups is 2. The third-order valence-corrected chi connectivity index (χ3v) is 3.39.